The highest BCUT2D eigenvalue weighted by Gasteiger charge is 2.28. The molecule has 0 aromatic heterocycles. The molecule has 8 heteroatoms. The quantitative estimate of drug-likeness (QED) is 0.646. The number of nitrogens with zero attached hydrogens (tertiary/aromatic N) is 2. The SMILES string of the molecule is CCc1ccc(NC(=O)[C@@H](C)N2CCN(CCCOCC(F)(F)F)CC2)cc1. The predicted octanol–water partition coefficient (Wildman–Crippen LogP) is 3.16. The van der Waals surface area contributed by atoms with E-state index in [1.165, 1.54) is 5.56 Å². The number of anilines is 1. The zero-order valence-corrected chi connectivity index (χ0v) is 16.6. The average Bonchev–Trinajstić information content (AvgIpc) is 2.67. The molecular weight excluding hydrogens is 371 g/mol. The van der Waals surface area contributed by atoms with Crippen LogP contribution in [0.2, 0.25) is 0 Å². The van der Waals surface area contributed by atoms with Gasteiger partial charge in [0.15, 0.2) is 0 Å². The minimum absolute atomic E-state index is 0.0294. The van der Waals surface area contributed by atoms with Crippen molar-refractivity contribution in [3.05, 3.63) is 29.8 Å². The van der Waals surface area contributed by atoms with Gasteiger partial charge < -0.3 is 15.0 Å². The summed E-state index contributed by atoms with van der Waals surface area (Å²) in [4.78, 5) is 16.8. The number of rotatable bonds is 9. The smallest absolute Gasteiger partial charge is 0.372 e. The molecule has 1 atom stereocenters. The Morgan fingerprint density at radius 2 is 1.82 bits per heavy atom. The molecule has 1 amide bonds. The van der Waals surface area contributed by atoms with Crippen molar-refractivity contribution >= 4 is 11.6 Å². The standard InChI is InChI=1S/C20H30F3N3O2/c1-3-17-5-7-18(8-6-17)24-19(27)16(2)26-12-10-25(11-13-26)9-4-14-28-15-20(21,22)23/h5-8,16H,3-4,9-15H2,1-2H3,(H,24,27)/t16-/m1/s1. The van der Waals surface area contributed by atoms with Crippen LogP contribution in [-0.4, -0.2) is 73.9 Å². The zero-order chi connectivity index (χ0) is 20.6. The number of carbonyl (C=O) groups excluding carboxylic acids is 1. The number of alkyl halides is 3. The molecular formula is C20H30F3N3O2. The fourth-order valence-electron chi connectivity index (χ4n) is 3.19. The summed E-state index contributed by atoms with van der Waals surface area (Å²) in [5.41, 5.74) is 2.03. The van der Waals surface area contributed by atoms with Gasteiger partial charge in [-0.2, -0.15) is 13.2 Å². The predicted molar refractivity (Wildman–Crippen MR) is 103 cm³/mol. The molecule has 1 heterocycles. The molecule has 1 fully saturated rings. The van der Waals surface area contributed by atoms with Crippen LogP contribution in [0, 0.1) is 0 Å². The number of benzene rings is 1. The second kappa shape index (κ2) is 10.8. The number of piperazine rings is 1. The third kappa shape index (κ3) is 7.77. The van der Waals surface area contributed by atoms with Crippen LogP contribution in [0.4, 0.5) is 18.9 Å². The Hall–Kier alpha value is -1.64. The van der Waals surface area contributed by atoms with Crippen molar-refractivity contribution in [3.8, 4) is 0 Å². The first-order valence-electron chi connectivity index (χ1n) is 9.79. The minimum Gasteiger partial charge on any atom is -0.372 e. The van der Waals surface area contributed by atoms with E-state index in [4.69, 9.17) is 0 Å². The van der Waals surface area contributed by atoms with Crippen molar-refractivity contribution < 1.29 is 22.7 Å². The van der Waals surface area contributed by atoms with Crippen molar-refractivity contribution in [1.82, 2.24) is 9.80 Å². The Kier molecular flexibility index (Phi) is 8.72. The molecule has 2 rings (SSSR count). The molecule has 0 unspecified atom stereocenters. The Morgan fingerprint density at radius 3 is 2.39 bits per heavy atom. The van der Waals surface area contributed by atoms with Crippen LogP contribution < -0.4 is 5.32 Å². The fourth-order valence-corrected chi connectivity index (χ4v) is 3.19. The number of halogens is 3. The maximum absolute atomic E-state index is 12.5. The lowest BCUT2D eigenvalue weighted by molar-refractivity contribution is -0.174. The van der Waals surface area contributed by atoms with E-state index in [9.17, 15) is 18.0 Å². The Labute approximate surface area is 164 Å². The van der Waals surface area contributed by atoms with E-state index >= 15 is 0 Å². The Balaban J connectivity index is 1.66. The van der Waals surface area contributed by atoms with Gasteiger partial charge in [0.2, 0.25) is 5.91 Å². The second-order valence-electron chi connectivity index (χ2n) is 7.11. The number of hydrogen-bond donors (Lipinski definition) is 1. The third-order valence-corrected chi connectivity index (χ3v) is 4.99. The molecule has 1 aromatic rings. The highest BCUT2D eigenvalue weighted by molar-refractivity contribution is 5.94. The monoisotopic (exact) mass is 401 g/mol. The van der Waals surface area contributed by atoms with E-state index in [0.29, 0.717) is 13.0 Å². The fraction of sp³-hybridized carbons (Fsp3) is 0.650. The summed E-state index contributed by atoms with van der Waals surface area (Å²) in [6.07, 6.45) is -2.73. The average molecular weight is 401 g/mol. The molecule has 1 aromatic carbocycles. The maximum Gasteiger partial charge on any atom is 0.411 e. The molecule has 28 heavy (non-hydrogen) atoms. The lowest BCUT2D eigenvalue weighted by atomic mass is 10.1. The highest BCUT2D eigenvalue weighted by Crippen LogP contribution is 2.15. The Morgan fingerprint density at radius 1 is 1.18 bits per heavy atom. The van der Waals surface area contributed by atoms with Crippen LogP contribution in [0.3, 0.4) is 0 Å². The van der Waals surface area contributed by atoms with Crippen molar-refractivity contribution in [2.75, 3.05) is 51.3 Å². The van der Waals surface area contributed by atoms with Gasteiger partial charge in [-0.25, -0.2) is 0 Å². The van der Waals surface area contributed by atoms with Crippen molar-refractivity contribution in [2.24, 2.45) is 0 Å². The van der Waals surface area contributed by atoms with Gasteiger partial charge in [0.1, 0.15) is 6.61 Å². The molecule has 1 aliphatic heterocycles. The summed E-state index contributed by atoms with van der Waals surface area (Å²) < 4.78 is 40.7. The van der Waals surface area contributed by atoms with Gasteiger partial charge >= 0.3 is 6.18 Å². The summed E-state index contributed by atoms with van der Waals surface area (Å²) in [6.45, 7) is 6.71. The summed E-state index contributed by atoms with van der Waals surface area (Å²) in [5, 5.41) is 2.96. The molecule has 0 bridgehead atoms. The Bertz CT molecular complexity index is 600. The van der Waals surface area contributed by atoms with E-state index in [1.54, 1.807) is 0 Å². The van der Waals surface area contributed by atoms with Gasteiger partial charge in [-0.1, -0.05) is 19.1 Å². The molecule has 158 valence electrons. The lowest BCUT2D eigenvalue weighted by Crippen LogP contribution is -2.52. The van der Waals surface area contributed by atoms with Gasteiger partial charge in [-0.05, 0) is 37.5 Å². The van der Waals surface area contributed by atoms with Crippen LogP contribution in [0.1, 0.15) is 25.8 Å². The molecule has 0 spiro atoms. The van der Waals surface area contributed by atoms with Crippen molar-refractivity contribution in [3.63, 3.8) is 0 Å². The lowest BCUT2D eigenvalue weighted by Gasteiger charge is -2.37. The number of aryl methyl sites for hydroxylation is 1. The van der Waals surface area contributed by atoms with Gasteiger partial charge in [0.25, 0.3) is 0 Å². The number of amides is 1. The summed E-state index contributed by atoms with van der Waals surface area (Å²) in [5.74, 6) is -0.0294. The topological polar surface area (TPSA) is 44.8 Å². The van der Waals surface area contributed by atoms with E-state index in [2.05, 4.69) is 26.8 Å². The first-order valence-corrected chi connectivity index (χ1v) is 9.79. The highest BCUT2D eigenvalue weighted by atomic mass is 19.4. The summed E-state index contributed by atoms with van der Waals surface area (Å²) in [6, 6.07) is 7.63. The maximum atomic E-state index is 12.5. The normalized spacial score (nSPS) is 17.5. The van der Waals surface area contributed by atoms with Crippen LogP contribution in [0.5, 0.6) is 0 Å². The van der Waals surface area contributed by atoms with Crippen LogP contribution in [0.15, 0.2) is 24.3 Å². The number of hydrogen-bond acceptors (Lipinski definition) is 4. The van der Waals surface area contributed by atoms with Gasteiger partial charge in [0.05, 0.1) is 6.04 Å². The van der Waals surface area contributed by atoms with E-state index in [0.717, 1.165) is 38.3 Å². The largest absolute Gasteiger partial charge is 0.411 e. The summed E-state index contributed by atoms with van der Waals surface area (Å²) in [7, 11) is 0. The number of carbonyl (C=O) groups is 1. The first kappa shape index (κ1) is 22.6. The zero-order valence-electron chi connectivity index (χ0n) is 16.6. The molecule has 0 saturated carbocycles. The molecule has 1 N–H and O–H groups in total. The second-order valence-corrected chi connectivity index (χ2v) is 7.11. The van der Waals surface area contributed by atoms with Crippen LogP contribution >= 0.6 is 0 Å². The van der Waals surface area contributed by atoms with Gasteiger partial charge in [0, 0.05) is 45.0 Å². The van der Waals surface area contributed by atoms with Gasteiger partial charge in [-0.3, -0.25) is 9.69 Å². The molecule has 1 saturated heterocycles. The molecule has 0 aliphatic carbocycles. The molecule has 1 aliphatic rings. The van der Waals surface area contributed by atoms with Crippen molar-refractivity contribution in [1.29, 1.82) is 0 Å². The van der Waals surface area contributed by atoms with Gasteiger partial charge in [-0.15, -0.1) is 0 Å². The molecule has 5 nitrogen and oxygen atoms in total. The van der Waals surface area contributed by atoms with Crippen LogP contribution in [-0.2, 0) is 16.0 Å². The third-order valence-electron chi connectivity index (χ3n) is 4.99. The van der Waals surface area contributed by atoms with E-state index in [1.807, 2.05) is 31.2 Å². The number of ether oxygens (including phenoxy) is 1. The van der Waals surface area contributed by atoms with Crippen LogP contribution in [0.25, 0.3) is 0 Å². The molecule has 0 radical (unpaired) electrons. The minimum atomic E-state index is -4.26. The first-order chi connectivity index (χ1) is 13.3. The van der Waals surface area contributed by atoms with E-state index in [-0.39, 0.29) is 18.6 Å². The summed E-state index contributed by atoms with van der Waals surface area (Å²) >= 11 is 0. The van der Waals surface area contributed by atoms with E-state index < -0.39 is 12.8 Å². The number of nitrogens with one attached hydrogen (secondary N) is 1. The van der Waals surface area contributed by atoms with Crippen molar-refractivity contribution in [2.45, 2.75) is 38.9 Å².